The number of hydrogen-bond acceptors (Lipinski definition) is 4. The monoisotopic (exact) mass is 623 g/mol. The molecule has 3 rings (SSSR count). The molecule has 7 nitrogen and oxygen atoms in total. The summed E-state index contributed by atoms with van der Waals surface area (Å²) in [7, 11) is -4.52. The second kappa shape index (κ2) is 14.1. The Morgan fingerprint density at radius 1 is 0.976 bits per heavy atom. The molecule has 0 bridgehead atoms. The number of halogens is 4. The van der Waals surface area contributed by atoms with Crippen molar-refractivity contribution in [2.45, 2.75) is 57.3 Å². The smallest absolute Gasteiger partial charge is 0.354 e. The van der Waals surface area contributed by atoms with Gasteiger partial charge < -0.3 is 10.2 Å². The van der Waals surface area contributed by atoms with E-state index in [1.165, 1.54) is 23.1 Å². The summed E-state index contributed by atoms with van der Waals surface area (Å²) in [5, 5.41) is 3.10. The first-order valence-corrected chi connectivity index (χ1v) is 15.2. The molecule has 12 heteroatoms. The molecule has 0 aliphatic rings. The SMILES string of the molecule is CCCNC(=O)C(CC)N(Cc1ccccc1Cl)C(=O)CN(c1cccc(C(F)(F)F)c1)S(=O)(=O)c1ccc(C)cc1. The molecule has 0 saturated carbocycles. The molecule has 1 N–H and O–H groups in total. The van der Waals surface area contributed by atoms with Gasteiger partial charge in [0.1, 0.15) is 12.6 Å². The Morgan fingerprint density at radius 3 is 2.24 bits per heavy atom. The van der Waals surface area contributed by atoms with E-state index in [2.05, 4.69) is 5.32 Å². The maximum Gasteiger partial charge on any atom is 0.416 e. The first-order valence-electron chi connectivity index (χ1n) is 13.4. The lowest BCUT2D eigenvalue weighted by Gasteiger charge is -2.33. The minimum absolute atomic E-state index is 0.127. The highest BCUT2D eigenvalue weighted by molar-refractivity contribution is 7.92. The summed E-state index contributed by atoms with van der Waals surface area (Å²) < 4.78 is 69.2. The van der Waals surface area contributed by atoms with Crippen molar-refractivity contribution in [1.29, 1.82) is 0 Å². The lowest BCUT2D eigenvalue weighted by atomic mass is 10.1. The number of carbonyl (C=O) groups is 2. The van der Waals surface area contributed by atoms with Crippen LogP contribution >= 0.6 is 11.6 Å². The summed E-state index contributed by atoms with van der Waals surface area (Å²) in [5.74, 6) is -1.23. The fourth-order valence-electron chi connectivity index (χ4n) is 4.30. The molecule has 3 aromatic rings. The topological polar surface area (TPSA) is 86.8 Å². The Bertz CT molecular complexity index is 1500. The van der Waals surface area contributed by atoms with Gasteiger partial charge in [-0.1, -0.05) is 67.4 Å². The van der Waals surface area contributed by atoms with Crippen molar-refractivity contribution in [2.75, 3.05) is 17.4 Å². The number of benzene rings is 3. The van der Waals surface area contributed by atoms with Gasteiger partial charge >= 0.3 is 6.18 Å². The van der Waals surface area contributed by atoms with Gasteiger partial charge in [-0.3, -0.25) is 13.9 Å². The molecule has 0 aliphatic heterocycles. The van der Waals surface area contributed by atoms with Crippen LogP contribution in [0, 0.1) is 6.92 Å². The number of anilines is 1. The summed E-state index contributed by atoms with van der Waals surface area (Å²) in [6.07, 6.45) is -3.90. The largest absolute Gasteiger partial charge is 0.416 e. The number of sulfonamides is 1. The van der Waals surface area contributed by atoms with Crippen LogP contribution in [-0.4, -0.2) is 44.3 Å². The van der Waals surface area contributed by atoms with Gasteiger partial charge in [0, 0.05) is 18.1 Å². The molecule has 1 atom stereocenters. The zero-order valence-corrected chi connectivity index (χ0v) is 25.1. The van der Waals surface area contributed by atoms with E-state index in [1.54, 1.807) is 50.2 Å². The van der Waals surface area contributed by atoms with E-state index in [4.69, 9.17) is 11.6 Å². The van der Waals surface area contributed by atoms with Crippen molar-refractivity contribution in [1.82, 2.24) is 10.2 Å². The minimum Gasteiger partial charge on any atom is -0.354 e. The number of aryl methyl sites for hydroxylation is 1. The number of nitrogens with one attached hydrogen (secondary N) is 1. The van der Waals surface area contributed by atoms with Crippen LogP contribution in [-0.2, 0) is 32.3 Å². The molecular formula is C30H33ClF3N3O4S. The van der Waals surface area contributed by atoms with Gasteiger partial charge in [0.2, 0.25) is 11.8 Å². The summed E-state index contributed by atoms with van der Waals surface area (Å²) >= 11 is 6.36. The van der Waals surface area contributed by atoms with Crippen molar-refractivity contribution < 1.29 is 31.2 Å². The van der Waals surface area contributed by atoms with E-state index in [9.17, 15) is 31.2 Å². The van der Waals surface area contributed by atoms with Gasteiger partial charge in [0.05, 0.1) is 16.1 Å². The second-order valence-corrected chi connectivity index (χ2v) is 12.0. The van der Waals surface area contributed by atoms with E-state index >= 15 is 0 Å². The summed E-state index contributed by atoms with van der Waals surface area (Å²) in [4.78, 5) is 28.1. The Morgan fingerprint density at radius 2 is 1.64 bits per heavy atom. The molecule has 42 heavy (non-hydrogen) atoms. The number of hydrogen-bond donors (Lipinski definition) is 1. The highest BCUT2D eigenvalue weighted by Crippen LogP contribution is 2.33. The van der Waals surface area contributed by atoms with Crippen molar-refractivity contribution in [3.8, 4) is 0 Å². The molecule has 0 saturated heterocycles. The van der Waals surface area contributed by atoms with Crippen molar-refractivity contribution >= 4 is 39.1 Å². The van der Waals surface area contributed by atoms with E-state index in [0.717, 1.165) is 17.7 Å². The van der Waals surface area contributed by atoms with Crippen molar-refractivity contribution in [3.63, 3.8) is 0 Å². The molecule has 0 fully saturated rings. The Kier molecular flexibility index (Phi) is 11.0. The van der Waals surface area contributed by atoms with Crippen LogP contribution in [0.25, 0.3) is 0 Å². The number of alkyl halides is 3. The van der Waals surface area contributed by atoms with E-state index in [1.807, 2.05) is 6.92 Å². The summed E-state index contributed by atoms with van der Waals surface area (Å²) in [5.41, 5.74) is -0.138. The van der Waals surface area contributed by atoms with Gasteiger partial charge in [0.15, 0.2) is 0 Å². The third kappa shape index (κ3) is 8.04. The van der Waals surface area contributed by atoms with Crippen molar-refractivity contribution in [3.05, 3.63) is 94.5 Å². The third-order valence-electron chi connectivity index (χ3n) is 6.58. The van der Waals surface area contributed by atoms with Gasteiger partial charge in [-0.25, -0.2) is 8.42 Å². The lowest BCUT2D eigenvalue weighted by Crippen LogP contribution is -2.52. The van der Waals surface area contributed by atoms with Gasteiger partial charge in [-0.15, -0.1) is 0 Å². The first kappa shape index (κ1) is 32.9. The average Bonchev–Trinajstić information content (AvgIpc) is 2.95. The number of nitrogens with zero attached hydrogens (tertiary/aromatic N) is 2. The molecule has 0 aliphatic carbocycles. The van der Waals surface area contributed by atoms with Crippen LogP contribution in [0.1, 0.15) is 43.4 Å². The van der Waals surface area contributed by atoms with Crippen LogP contribution in [0.15, 0.2) is 77.7 Å². The van der Waals surface area contributed by atoms with Crippen LogP contribution in [0.5, 0.6) is 0 Å². The number of amides is 2. The minimum atomic E-state index is -4.75. The molecule has 0 radical (unpaired) electrons. The number of rotatable bonds is 12. The Hall–Kier alpha value is -3.57. The second-order valence-electron chi connectivity index (χ2n) is 9.70. The van der Waals surface area contributed by atoms with E-state index < -0.39 is 46.2 Å². The number of carbonyl (C=O) groups excluding carboxylic acids is 2. The normalized spacial score (nSPS) is 12.5. The zero-order valence-electron chi connectivity index (χ0n) is 23.5. The molecule has 226 valence electrons. The maximum absolute atomic E-state index is 14.0. The van der Waals surface area contributed by atoms with Crippen LogP contribution in [0.3, 0.4) is 0 Å². The predicted molar refractivity (Wildman–Crippen MR) is 157 cm³/mol. The van der Waals surface area contributed by atoms with Crippen LogP contribution in [0.2, 0.25) is 5.02 Å². The van der Waals surface area contributed by atoms with Gasteiger partial charge in [0.25, 0.3) is 10.0 Å². The van der Waals surface area contributed by atoms with Gasteiger partial charge in [-0.2, -0.15) is 13.2 Å². The van der Waals surface area contributed by atoms with Crippen LogP contribution in [0.4, 0.5) is 18.9 Å². The zero-order chi connectivity index (χ0) is 31.1. The highest BCUT2D eigenvalue weighted by Gasteiger charge is 2.36. The molecule has 0 heterocycles. The highest BCUT2D eigenvalue weighted by atomic mass is 35.5. The third-order valence-corrected chi connectivity index (χ3v) is 8.74. The summed E-state index contributed by atoms with van der Waals surface area (Å²) in [6, 6.07) is 15.2. The van der Waals surface area contributed by atoms with E-state index in [-0.39, 0.29) is 23.5 Å². The fraction of sp³-hybridized carbons (Fsp3) is 0.333. The molecule has 2 amide bonds. The summed E-state index contributed by atoms with van der Waals surface area (Å²) in [6.45, 7) is 4.71. The molecule has 0 spiro atoms. The van der Waals surface area contributed by atoms with Crippen molar-refractivity contribution in [2.24, 2.45) is 0 Å². The molecular weight excluding hydrogens is 591 g/mol. The standard InChI is InChI=1S/C30H33ClF3N3O4S/c1-4-17-35-29(39)27(5-2)36(19-22-9-6-7-12-26(22)31)28(38)20-37(24-11-8-10-23(18-24)30(32,33)34)42(40,41)25-15-13-21(3)14-16-25/h6-16,18,27H,4-5,17,19-20H2,1-3H3,(H,35,39). The molecule has 1 unspecified atom stereocenters. The average molecular weight is 624 g/mol. The first-order chi connectivity index (χ1) is 19.8. The quantitative estimate of drug-likeness (QED) is 0.260. The van der Waals surface area contributed by atoms with Gasteiger partial charge in [-0.05, 0) is 61.7 Å². The van der Waals surface area contributed by atoms with Crippen LogP contribution < -0.4 is 9.62 Å². The Labute approximate surface area is 249 Å². The predicted octanol–water partition coefficient (Wildman–Crippen LogP) is 6.20. The molecule has 3 aromatic carbocycles. The molecule has 0 aromatic heterocycles. The Balaban J connectivity index is 2.12. The van der Waals surface area contributed by atoms with E-state index in [0.29, 0.717) is 33.9 Å². The fourth-order valence-corrected chi connectivity index (χ4v) is 5.90. The maximum atomic E-state index is 14.0. The lowest BCUT2D eigenvalue weighted by molar-refractivity contribution is -0.140.